The maximum atomic E-state index is 13.5. The summed E-state index contributed by atoms with van der Waals surface area (Å²) in [5.41, 5.74) is 6.55. The van der Waals surface area contributed by atoms with Crippen LogP contribution in [0.25, 0.3) is 0 Å². The zero-order valence-corrected chi connectivity index (χ0v) is 22.0. The Morgan fingerprint density at radius 1 is 1.03 bits per heavy atom. The average molecular weight is 490 g/mol. The van der Waals surface area contributed by atoms with E-state index in [0.29, 0.717) is 30.7 Å². The van der Waals surface area contributed by atoms with Crippen molar-refractivity contribution in [2.24, 2.45) is 0 Å². The number of ketones is 1. The molecule has 0 saturated heterocycles. The molecule has 4 nitrogen and oxygen atoms in total. The van der Waals surface area contributed by atoms with Gasteiger partial charge in [-0.3, -0.25) is 4.79 Å². The van der Waals surface area contributed by atoms with Crippen molar-refractivity contribution in [2.75, 3.05) is 18.0 Å². The second-order valence-corrected chi connectivity index (χ2v) is 10.9. The van der Waals surface area contributed by atoms with Crippen LogP contribution in [0.2, 0.25) is 0 Å². The highest BCUT2D eigenvalue weighted by molar-refractivity contribution is 6.24. The molecule has 3 aliphatic rings. The van der Waals surface area contributed by atoms with Crippen molar-refractivity contribution in [3.05, 3.63) is 107 Å². The van der Waals surface area contributed by atoms with Gasteiger partial charge in [-0.1, -0.05) is 56.3 Å². The molecule has 2 aromatic carbocycles. The predicted octanol–water partition coefficient (Wildman–Crippen LogP) is 6.28. The molecular weight excluding hydrogens is 456 g/mol. The normalized spacial score (nSPS) is 21.3. The van der Waals surface area contributed by atoms with E-state index in [0.717, 1.165) is 22.8 Å². The molecule has 0 saturated carbocycles. The van der Waals surface area contributed by atoms with Gasteiger partial charge in [0.25, 0.3) is 0 Å². The van der Waals surface area contributed by atoms with Gasteiger partial charge in [0.2, 0.25) is 11.5 Å². The summed E-state index contributed by atoms with van der Waals surface area (Å²) >= 11 is 0. The Bertz CT molecular complexity index is 1500. The fraction of sp³-hybridized carbons (Fsp3) is 0.273. The van der Waals surface area contributed by atoms with Crippen LogP contribution in [0.1, 0.15) is 45.2 Å². The number of aliphatic hydroxyl groups is 1. The number of hydrogen-bond donors (Lipinski definition) is 1. The third-order valence-corrected chi connectivity index (χ3v) is 7.95. The molecule has 1 aliphatic carbocycles. The summed E-state index contributed by atoms with van der Waals surface area (Å²) in [7, 11) is 0. The minimum Gasteiger partial charge on any atom is -0.506 e. The number of rotatable bonds is 6. The first-order chi connectivity index (χ1) is 17.6. The van der Waals surface area contributed by atoms with Crippen molar-refractivity contribution in [3.8, 4) is 12.3 Å². The lowest BCUT2D eigenvalue weighted by Gasteiger charge is -2.28. The maximum absolute atomic E-state index is 13.5. The van der Waals surface area contributed by atoms with Gasteiger partial charge in [0.05, 0.1) is 23.0 Å². The van der Waals surface area contributed by atoms with Crippen LogP contribution >= 0.6 is 0 Å². The van der Waals surface area contributed by atoms with Crippen LogP contribution in [0.15, 0.2) is 95.9 Å². The van der Waals surface area contributed by atoms with Crippen LogP contribution in [0.5, 0.6) is 0 Å². The molecule has 5 rings (SSSR count). The third kappa shape index (κ3) is 3.61. The van der Waals surface area contributed by atoms with Gasteiger partial charge >= 0.3 is 0 Å². The first-order valence-corrected chi connectivity index (χ1v) is 12.7. The number of Topliss-reactive ketones (excluding diaryl/α,β-unsaturated/α-hetero) is 1. The van der Waals surface area contributed by atoms with Crippen molar-refractivity contribution in [2.45, 2.75) is 44.9 Å². The molecule has 0 fully saturated rings. The number of carbonyl (C=O) groups excluding carboxylic acids is 1. The standard InChI is InChI=1S/C33H32N2O2/c1-7-9-19-35-27-17-13-11-15-25(27)33(5,6)29(35)21-23-30(36)22(31(23)37)20-28-32(3,4)24-14-10-12-16-26(24)34(28)18-8-2/h1,8,10-17,20-21H,2,9,18-19H2,3-6H3/p+1. The number of benzene rings is 2. The molecule has 1 N–H and O–H groups in total. The average Bonchev–Trinajstić information content (AvgIpc) is 3.23. The molecule has 0 amide bonds. The number of hydrogen-bond acceptors (Lipinski definition) is 3. The maximum Gasteiger partial charge on any atom is 0.209 e. The SMILES string of the molecule is C#CCC[N+]1=C(C=C2C(=O)C(C=C3N(CC=C)c4ccccc4C3(C)C)=C2O)C(C)(C)c2ccccc21. The molecule has 37 heavy (non-hydrogen) atoms. The molecule has 0 radical (unpaired) electrons. The van der Waals surface area contributed by atoms with Crippen molar-refractivity contribution >= 4 is 22.9 Å². The number of terminal acetylenes is 1. The molecule has 0 spiro atoms. The van der Waals surface area contributed by atoms with Crippen LogP contribution in [-0.2, 0) is 15.6 Å². The van der Waals surface area contributed by atoms with Crippen molar-refractivity contribution < 1.29 is 14.5 Å². The lowest BCUT2D eigenvalue weighted by atomic mass is 9.77. The first kappa shape index (κ1) is 24.6. The Kier molecular flexibility index (Phi) is 5.83. The fourth-order valence-corrected chi connectivity index (χ4v) is 5.93. The summed E-state index contributed by atoms with van der Waals surface area (Å²) in [4.78, 5) is 15.6. The van der Waals surface area contributed by atoms with E-state index in [2.05, 4.69) is 73.9 Å². The molecule has 2 heterocycles. The van der Waals surface area contributed by atoms with E-state index < -0.39 is 0 Å². The van der Waals surface area contributed by atoms with Gasteiger partial charge in [-0.25, -0.2) is 0 Å². The summed E-state index contributed by atoms with van der Waals surface area (Å²) in [5.74, 6) is 2.62. The number of carbonyl (C=O) groups is 1. The van der Waals surface area contributed by atoms with E-state index >= 15 is 0 Å². The molecular formula is C33H33N2O2+. The van der Waals surface area contributed by atoms with Crippen LogP contribution in [0.4, 0.5) is 11.4 Å². The van der Waals surface area contributed by atoms with E-state index in [1.807, 2.05) is 42.5 Å². The smallest absolute Gasteiger partial charge is 0.209 e. The number of anilines is 1. The quantitative estimate of drug-likeness (QED) is 0.225. The molecule has 0 bridgehead atoms. The summed E-state index contributed by atoms with van der Waals surface area (Å²) in [6.07, 6.45) is 11.7. The number of nitrogens with zero attached hydrogens (tertiary/aromatic N) is 2. The van der Waals surface area contributed by atoms with E-state index in [1.54, 1.807) is 0 Å². The topological polar surface area (TPSA) is 43.5 Å². The summed E-state index contributed by atoms with van der Waals surface area (Å²) < 4.78 is 2.18. The number of para-hydroxylation sites is 2. The van der Waals surface area contributed by atoms with Gasteiger partial charge in [-0.05, 0) is 31.6 Å². The summed E-state index contributed by atoms with van der Waals surface area (Å²) in [5, 5.41) is 11.2. The lowest BCUT2D eigenvalue weighted by molar-refractivity contribution is -0.436. The van der Waals surface area contributed by atoms with Gasteiger partial charge in [0.15, 0.2) is 12.3 Å². The molecule has 186 valence electrons. The Hall–Kier alpha value is -4.10. The van der Waals surface area contributed by atoms with E-state index in [-0.39, 0.29) is 22.4 Å². The molecule has 2 aliphatic heterocycles. The number of aliphatic hydroxyl groups excluding tert-OH is 1. The third-order valence-electron chi connectivity index (χ3n) is 7.95. The molecule has 0 unspecified atom stereocenters. The van der Waals surface area contributed by atoms with Gasteiger partial charge in [0.1, 0.15) is 5.76 Å². The van der Waals surface area contributed by atoms with E-state index in [1.165, 1.54) is 11.1 Å². The van der Waals surface area contributed by atoms with E-state index in [4.69, 9.17) is 6.42 Å². The van der Waals surface area contributed by atoms with Gasteiger partial charge in [-0.2, -0.15) is 4.58 Å². The summed E-state index contributed by atoms with van der Waals surface area (Å²) in [6, 6.07) is 16.5. The molecule has 2 aromatic rings. The second-order valence-electron chi connectivity index (χ2n) is 10.9. The monoisotopic (exact) mass is 489 g/mol. The van der Waals surface area contributed by atoms with Gasteiger partial charge < -0.3 is 10.0 Å². The van der Waals surface area contributed by atoms with Gasteiger partial charge in [0, 0.05) is 41.1 Å². The van der Waals surface area contributed by atoms with Crippen molar-refractivity contribution in [3.63, 3.8) is 0 Å². The predicted molar refractivity (Wildman–Crippen MR) is 151 cm³/mol. The lowest BCUT2D eigenvalue weighted by Crippen LogP contribution is -2.32. The van der Waals surface area contributed by atoms with Crippen LogP contribution in [-0.4, -0.2) is 34.3 Å². The molecule has 4 heteroatoms. The highest BCUT2D eigenvalue weighted by atomic mass is 16.3. The zero-order chi connectivity index (χ0) is 26.5. The highest BCUT2D eigenvalue weighted by Gasteiger charge is 2.47. The Labute approximate surface area is 219 Å². The molecule has 0 atom stereocenters. The highest BCUT2D eigenvalue weighted by Crippen LogP contribution is 2.49. The van der Waals surface area contributed by atoms with Crippen molar-refractivity contribution in [1.29, 1.82) is 0 Å². The number of fused-ring (bicyclic) bond motifs is 2. The Balaban J connectivity index is 1.59. The Morgan fingerprint density at radius 2 is 1.70 bits per heavy atom. The largest absolute Gasteiger partial charge is 0.506 e. The second kappa shape index (κ2) is 8.78. The zero-order valence-electron chi connectivity index (χ0n) is 22.0. The van der Waals surface area contributed by atoms with Crippen LogP contribution in [0, 0.1) is 12.3 Å². The van der Waals surface area contributed by atoms with Crippen molar-refractivity contribution in [1.82, 2.24) is 0 Å². The van der Waals surface area contributed by atoms with Crippen LogP contribution < -0.4 is 4.90 Å². The Morgan fingerprint density at radius 3 is 2.38 bits per heavy atom. The number of allylic oxidation sites excluding steroid dienone is 5. The molecule has 0 aromatic heterocycles. The van der Waals surface area contributed by atoms with Crippen LogP contribution in [0.3, 0.4) is 0 Å². The van der Waals surface area contributed by atoms with Gasteiger partial charge in [-0.15, -0.1) is 18.9 Å². The fourth-order valence-electron chi connectivity index (χ4n) is 5.93. The van der Waals surface area contributed by atoms with E-state index in [9.17, 15) is 9.90 Å². The summed E-state index contributed by atoms with van der Waals surface area (Å²) in [6.45, 7) is 13.8. The minimum atomic E-state index is -0.331. The minimum absolute atomic E-state index is 0.0407. The first-order valence-electron chi connectivity index (χ1n) is 12.7.